The summed E-state index contributed by atoms with van der Waals surface area (Å²) in [5, 5.41) is 5.75. The molecule has 0 aliphatic carbocycles. The average Bonchev–Trinajstić information content (AvgIpc) is 3.18. The monoisotopic (exact) mass is 592 g/mol. The van der Waals surface area contributed by atoms with Gasteiger partial charge in [0.1, 0.15) is 5.69 Å². The Hall–Kier alpha value is -3.83. The van der Waals surface area contributed by atoms with Crippen LogP contribution in [0.3, 0.4) is 0 Å². The Morgan fingerprint density at radius 1 is 0.892 bits per heavy atom. The quantitative estimate of drug-likeness (QED) is 0.241. The normalized spacial score (nSPS) is 11.3. The highest BCUT2D eigenvalue weighted by Crippen LogP contribution is 2.30. The van der Waals surface area contributed by atoms with Crippen molar-refractivity contribution in [3.8, 4) is 0 Å². The highest BCUT2D eigenvalue weighted by molar-refractivity contribution is 9.10. The first-order valence-electron chi connectivity index (χ1n) is 10.6. The van der Waals surface area contributed by atoms with Gasteiger partial charge in [-0.3, -0.25) is 19.8 Å². The van der Waals surface area contributed by atoms with E-state index in [-0.39, 0.29) is 11.4 Å². The van der Waals surface area contributed by atoms with Gasteiger partial charge in [0, 0.05) is 26.3 Å². The van der Waals surface area contributed by atoms with Crippen molar-refractivity contribution in [1.82, 2.24) is 4.68 Å². The van der Waals surface area contributed by atoms with Gasteiger partial charge in [-0.1, -0.05) is 33.6 Å². The smallest absolute Gasteiger partial charge is 0.321 e. The van der Waals surface area contributed by atoms with E-state index in [0.29, 0.717) is 27.7 Å². The molecule has 7 nitrogen and oxygen atoms in total. The van der Waals surface area contributed by atoms with Crippen molar-refractivity contribution < 1.29 is 27.6 Å². The number of hydrogen-bond acceptors (Lipinski definition) is 3. The first-order chi connectivity index (χ1) is 17.4. The van der Waals surface area contributed by atoms with Crippen LogP contribution < -0.4 is 16.1 Å². The number of benzene rings is 3. The number of nitrogens with zero attached hydrogens (tertiary/aromatic N) is 1. The van der Waals surface area contributed by atoms with Gasteiger partial charge < -0.3 is 10.6 Å². The summed E-state index contributed by atoms with van der Waals surface area (Å²) in [5.41, 5.74) is 2.85. The lowest BCUT2D eigenvalue weighted by Crippen LogP contribution is -2.36. The van der Waals surface area contributed by atoms with Crippen LogP contribution in [0.4, 0.5) is 24.5 Å². The molecule has 3 aromatic carbocycles. The lowest BCUT2D eigenvalue weighted by atomic mass is 10.2. The summed E-state index contributed by atoms with van der Waals surface area (Å²) in [6.07, 6.45) is -4.62. The van der Waals surface area contributed by atoms with Crippen LogP contribution in [0.15, 0.2) is 71.2 Å². The molecule has 0 aliphatic rings. The van der Waals surface area contributed by atoms with Gasteiger partial charge in [-0.15, -0.1) is 0 Å². The number of rotatable bonds is 4. The van der Waals surface area contributed by atoms with E-state index < -0.39 is 29.5 Å². The number of nitrogens with one attached hydrogen (secondary N) is 3. The molecular weight excluding hydrogens is 577 g/mol. The molecule has 0 fully saturated rings. The molecule has 4 aromatic rings. The molecule has 12 heteroatoms. The number of amides is 3. The molecule has 190 valence electrons. The third-order valence-electron chi connectivity index (χ3n) is 5.28. The predicted molar refractivity (Wildman–Crippen MR) is 138 cm³/mol. The van der Waals surface area contributed by atoms with Crippen molar-refractivity contribution in [2.45, 2.75) is 13.1 Å². The summed E-state index contributed by atoms with van der Waals surface area (Å²) in [5.74, 6) is -3.03. The number of hydrogen-bond donors (Lipinski definition) is 3. The second kappa shape index (κ2) is 10.3. The fraction of sp³-hybridized carbons (Fsp3) is 0.0800. The van der Waals surface area contributed by atoms with Crippen LogP contribution in [0.5, 0.6) is 0 Å². The second-order valence-electron chi connectivity index (χ2n) is 7.96. The molecule has 0 saturated heterocycles. The summed E-state index contributed by atoms with van der Waals surface area (Å²) in [6, 6.07) is 15.2. The number of aryl methyl sites for hydroxylation is 1. The predicted octanol–water partition coefficient (Wildman–Crippen LogP) is 6.35. The second-order valence-corrected chi connectivity index (χ2v) is 9.25. The Balaban J connectivity index is 1.61. The van der Waals surface area contributed by atoms with Gasteiger partial charge in [0.25, 0.3) is 5.91 Å². The van der Waals surface area contributed by atoms with Gasteiger partial charge in [-0.05, 0) is 73.2 Å². The number of anilines is 2. The molecular formula is C25H17BrClF3N4O3. The molecule has 0 spiro atoms. The van der Waals surface area contributed by atoms with Crippen molar-refractivity contribution in [1.29, 1.82) is 0 Å². The molecule has 0 saturated carbocycles. The molecule has 0 atom stereocenters. The molecule has 0 unspecified atom stereocenters. The molecule has 0 radical (unpaired) electrons. The maximum atomic E-state index is 13.1. The number of carbonyl (C=O) groups excluding carboxylic acids is 3. The number of halogens is 5. The van der Waals surface area contributed by atoms with Crippen LogP contribution in [0.1, 0.15) is 21.6 Å². The first-order valence-corrected chi connectivity index (χ1v) is 11.8. The van der Waals surface area contributed by atoms with Crippen molar-refractivity contribution in [2.24, 2.45) is 0 Å². The Bertz CT molecular complexity index is 1550. The molecule has 3 amide bonds. The van der Waals surface area contributed by atoms with Crippen LogP contribution in [0.2, 0.25) is 5.02 Å². The van der Waals surface area contributed by atoms with Crippen molar-refractivity contribution in [3.05, 3.63) is 93.0 Å². The lowest BCUT2D eigenvalue weighted by molar-refractivity contribution is -0.137. The Kier molecular flexibility index (Phi) is 7.28. The van der Waals surface area contributed by atoms with E-state index in [1.807, 2.05) is 6.92 Å². The third-order valence-corrected chi connectivity index (χ3v) is 6.40. The van der Waals surface area contributed by atoms with Crippen LogP contribution in [0.25, 0.3) is 10.9 Å². The van der Waals surface area contributed by atoms with E-state index in [9.17, 15) is 27.6 Å². The zero-order valence-corrected chi connectivity index (χ0v) is 21.3. The maximum absolute atomic E-state index is 13.1. The standard InChI is InChI=1S/C25H17BrClF3N4O3/c1-13-9-18(6-7-19(13)26)31-22(35)21-11-14-10-16(27)5-8-20(14)34(21)33-24(37)23(36)32-17-4-2-3-15(12-17)25(28,29)30/h2-12H,1H3,(H,31,35)(H,32,36)(H,33,37). The molecule has 0 aliphatic heterocycles. The van der Waals surface area contributed by atoms with E-state index >= 15 is 0 Å². The maximum Gasteiger partial charge on any atom is 0.416 e. The zero-order valence-electron chi connectivity index (χ0n) is 18.9. The summed E-state index contributed by atoms with van der Waals surface area (Å²) in [6.45, 7) is 1.85. The van der Waals surface area contributed by atoms with E-state index in [0.717, 1.165) is 26.8 Å². The lowest BCUT2D eigenvalue weighted by Gasteiger charge is -2.13. The molecule has 37 heavy (non-hydrogen) atoms. The summed E-state index contributed by atoms with van der Waals surface area (Å²) in [4.78, 5) is 38.3. The summed E-state index contributed by atoms with van der Waals surface area (Å²) in [7, 11) is 0. The fourth-order valence-corrected chi connectivity index (χ4v) is 3.93. The fourth-order valence-electron chi connectivity index (χ4n) is 3.50. The summed E-state index contributed by atoms with van der Waals surface area (Å²) < 4.78 is 40.9. The van der Waals surface area contributed by atoms with Crippen molar-refractivity contribution >= 4 is 67.5 Å². The topological polar surface area (TPSA) is 92.2 Å². The Labute approximate surface area is 221 Å². The van der Waals surface area contributed by atoms with Gasteiger partial charge in [0.2, 0.25) is 0 Å². The van der Waals surface area contributed by atoms with Crippen molar-refractivity contribution in [2.75, 3.05) is 16.1 Å². The van der Waals surface area contributed by atoms with Gasteiger partial charge in [-0.25, -0.2) is 4.68 Å². The minimum absolute atomic E-state index is 0.0157. The van der Waals surface area contributed by atoms with E-state index in [4.69, 9.17) is 11.6 Å². The molecule has 4 rings (SSSR count). The third kappa shape index (κ3) is 5.95. The summed E-state index contributed by atoms with van der Waals surface area (Å²) >= 11 is 9.46. The highest BCUT2D eigenvalue weighted by atomic mass is 79.9. The molecule has 1 heterocycles. The molecule has 3 N–H and O–H groups in total. The largest absolute Gasteiger partial charge is 0.416 e. The van der Waals surface area contributed by atoms with E-state index in [1.54, 1.807) is 30.3 Å². The molecule has 0 bridgehead atoms. The van der Waals surface area contributed by atoms with Gasteiger partial charge >= 0.3 is 18.0 Å². The number of aromatic nitrogens is 1. The van der Waals surface area contributed by atoms with E-state index in [1.165, 1.54) is 18.2 Å². The average molecular weight is 594 g/mol. The van der Waals surface area contributed by atoms with Gasteiger partial charge in [0.05, 0.1) is 11.1 Å². The van der Waals surface area contributed by atoms with Crippen LogP contribution >= 0.6 is 27.5 Å². The SMILES string of the molecule is Cc1cc(NC(=O)c2cc3cc(Cl)ccc3n2NC(=O)C(=O)Nc2cccc(C(F)(F)F)c2)ccc1Br. The van der Waals surface area contributed by atoms with Gasteiger partial charge in [0.15, 0.2) is 0 Å². The zero-order chi connectivity index (χ0) is 26.9. The van der Waals surface area contributed by atoms with Crippen LogP contribution in [-0.2, 0) is 15.8 Å². The van der Waals surface area contributed by atoms with E-state index in [2.05, 4.69) is 32.0 Å². The number of alkyl halides is 3. The number of carbonyl (C=O) groups is 3. The molecule has 1 aromatic heterocycles. The highest BCUT2D eigenvalue weighted by Gasteiger charge is 2.30. The van der Waals surface area contributed by atoms with Crippen molar-refractivity contribution in [3.63, 3.8) is 0 Å². The first kappa shape index (κ1) is 26.2. The minimum atomic E-state index is -4.62. The van der Waals surface area contributed by atoms with Gasteiger partial charge in [-0.2, -0.15) is 13.2 Å². The Morgan fingerprint density at radius 3 is 2.32 bits per heavy atom. The van der Waals surface area contributed by atoms with Crippen LogP contribution in [0, 0.1) is 6.92 Å². The minimum Gasteiger partial charge on any atom is -0.321 e. The number of fused-ring (bicyclic) bond motifs is 1. The van der Waals surface area contributed by atoms with Crippen LogP contribution in [-0.4, -0.2) is 22.4 Å². The Morgan fingerprint density at radius 2 is 1.62 bits per heavy atom.